The largest absolute Gasteiger partial charge is 0.394 e. The molecule has 28 unspecified atom stereocenters. The molecule has 31 atom stereocenters. The normalized spacial score (nSPS) is 57.8. The van der Waals surface area contributed by atoms with Gasteiger partial charge in [-0.05, 0) is 104 Å². The molecule has 6 aliphatic heterocycles. The summed E-state index contributed by atoms with van der Waals surface area (Å²) in [6, 6.07) is 0. The van der Waals surface area contributed by atoms with E-state index in [0.717, 1.165) is 51.6 Å². The van der Waals surface area contributed by atoms with Gasteiger partial charge in [0, 0.05) is 12.3 Å². The van der Waals surface area contributed by atoms with Crippen molar-refractivity contribution in [2.45, 2.75) is 227 Å². The molecule has 414 valence electrons. The molecule has 6 heterocycles. The second-order valence-electron chi connectivity index (χ2n) is 23.9. The van der Waals surface area contributed by atoms with Gasteiger partial charge in [0.25, 0.3) is 0 Å². The standard InChI is InChI=1S/C50H82O22/c1-20-7-12-50(64-18-20)21(2)32-28(72-50)14-26-24-6-5-22-13-23(8-10-48(22,3)25(24)9-11-49(26,32)4)65-45-40(62)37(59)41(31(17-53)68-45)69-47-43(71-46-39(61)36(58)34(56)29(15-51)66-46)42(35(57)30(16-52)67-47)70-44-38(60)33(55)27(54)19-63-44/h20-47,51-62H,5-19H2,1-4H3/t20?,21?,22?,23?,24?,25?,26?,27?,28?,29?,30?,31?,32?,33?,34?,35?,36?,37?,38?,39?,40?,41?,42?,43?,44?,45?,46?,47?,48-,49-,50+/m0/s1. The average molecular weight is 1040 g/mol. The van der Waals surface area contributed by atoms with E-state index in [1.807, 2.05) is 0 Å². The Kier molecular flexibility index (Phi) is 15.9. The van der Waals surface area contributed by atoms with Gasteiger partial charge < -0.3 is 109 Å². The van der Waals surface area contributed by atoms with Gasteiger partial charge in [-0.25, -0.2) is 0 Å². The highest BCUT2D eigenvalue weighted by Gasteiger charge is 2.69. The van der Waals surface area contributed by atoms with E-state index in [1.165, 1.54) is 12.8 Å². The van der Waals surface area contributed by atoms with Crippen LogP contribution in [-0.4, -0.2) is 229 Å². The van der Waals surface area contributed by atoms with Crippen molar-refractivity contribution in [3.05, 3.63) is 0 Å². The summed E-state index contributed by atoms with van der Waals surface area (Å²) < 4.78 is 61.4. The Balaban J connectivity index is 0.812. The summed E-state index contributed by atoms with van der Waals surface area (Å²) >= 11 is 0. The lowest BCUT2D eigenvalue weighted by Gasteiger charge is -2.61. The molecule has 4 aliphatic carbocycles. The van der Waals surface area contributed by atoms with Crippen LogP contribution in [-0.2, 0) is 47.4 Å². The van der Waals surface area contributed by atoms with E-state index in [-0.39, 0.29) is 23.0 Å². The first kappa shape index (κ1) is 54.5. The minimum atomic E-state index is -2.00. The van der Waals surface area contributed by atoms with Gasteiger partial charge in [0.1, 0.15) is 91.6 Å². The van der Waals surface area contributed by atoms with Crippen LogP contribution in [0, 0.1) is 52.3 Å². The third-order valence-corrected chi connectivity index (χ3v) is 20.0. The molecule has 22 nitrogen and oxygen atoms in total. The summed E-state index contributed by atoms with van der Waals surface area (Å²) in [5.41, 5.74) is 0.293. The van der Waals surface area contributed by atoms with Gasteiger partial charge >= 0.3 is 0 Å². The van der Waals surface area contributed by atoms with Crippen molar-refractivity contribution in [3.8, 4) is 0 Å². The SMILES string of the molecule is CC1CC[C@@]2(OC1)OC1CC3C4CCC5CC(OC6OC(CO)C(OC7OC(CO)C(O)C(OC8OCC(O)C(O)C8O)C7OC7OC(CO)C(O)C(O)C7O)C(O)C6O)CC[C@]5(C)C4CC[C@]3(C)C1C2C. The van der Waals surface area contributed by atoms with E-state index in [0.29, 0.717) is 47.8 Å². The smallest absolute Gasteiger partial charge is 0.187 e. The van der Waals surface area contributed by atoms with Crippen LogP contribution in [0.15, 0.2) is 0 Å². The summed E-state index contributed by atoms with van der Waals surface area (Å²) in [5.74, 6) is 3.06. The summed E-state index contributed by atoms with van der Waals surface area (Å²) in [5, 5.41) is 129. The molecule has 12 N–H and O–H groups in total. The predicted molar refractivity (Wildman–Crippen MR) is 242 cm³/mol. The zero-order valence-electron chi connectivity index (χ0n) is 41.7. The van der Waals surface area contributed by atoms with Crippen molar-refractivity contribution in [2.75, 3.05) is 33.0 Å². The van der Waals surface area contributed by atoms with E-state index < -0.39 is 149 Å². The molecular weight excluding hydrogens is 953 g/mol. The molecule has 0 bridgehead atoms. The molecule has 72 heavy (non-hydrogen) atoms. The summed E-state index contributed by atoms with van der Waals surface area (Å²) in [7, 11) is 0. The number of rotatable bonds is 11. The van der Waals surface area contributed by atoms with Crippen molar-refractivity contribution >= 4 is 0 Å². The highest BCUT2D eigenvalue weighted by molar-refractivity contribution is 5.15. The van der Waals surface area contributed by atoms with Crippen molar-refractivity contribution in [2.24, 2.45) is 52.3 Å². The van der Waals surface area contributed by atoms with Crippen LogP contribution in [0.1, 0.15) is 91.9 Å². The molecule has 1 spiro atoms. The molecule has 4 saturated carbocycles. The monoisotopic (exact) mass is 1030 g/mol. The van der Waals surface area contributed by atoms with Crippen LogP contribution in [0.25, 0.3) is 0 Å². The fourth-order valence-electron chi connectivity index (χ4n) is 15.9. The summed E-state index contributed by atoms with van der Waals surface area (Å²) in [4.78, 5) is 0. The van der Waals surface area contributed by atoms with Crippen molar-refractivity contribution < 1.29 is 109 Å². The number of aliphatic hydroxyl groups excluding tert-OH is 12. The van der Waals surface area contributed by atoms with Crippen molar-refractivity contribution in [1.29, 1.82) is 0 Å². The van der Waals surface area contributed by atoms with Crippen LogP contribution in [0.3, 0.4) is 0 Å². The Morgan fingerprint density at radius 1 is 0.514 bits per heavy atom. The third-order valence-electron chi connectivity index (χ3n) is 20.0. The maximum absolute atomic E-state index is 11.8. The molecule has 0 aromatic heterocycles. The van der Waals surface area contributed by atoms with Crippen LogP contribution in [0.2, 0.25) is 0 Å². The van der Waals surface area contributed by atoms with E-state index in [1.54, 1.807) is 0 Å². The van der Waals surface area contributed by atoms with Gasteiger partial charge in [0.05, 0.1) is 45.2 Å². The number of ether oxygens (including phenoxy) is 10. The lowest BCUT2D eigenvalue weighted by molar-refractivity contribution is -0.404. The van der Waals surface area contributed by atoms with Crippen LogP contribution >= 0.6 is 0 Å². The van der Waals surface area contributed by atoms with Gasteiger partial charge in [-0.2, -0.15) is 0 Å². The van der Waals surface area contributed by atoms with E-state index >= 15 is 0 Å². The molecule has 6 saturated heterocycles. The fraction of sp³-hybridized carbons (Fsp3) is 1.00. The number of fused-ring (bicyclic) bond motifs is 7. The molecule has 10 rings (SSSR count). The molecular formula is C50H82O22. The Morgan fingerprint density at radius 3 is 1.85 bits per heavy atom. The van der Waals surface area contributed by atoms with Gasteiger partial charge in [-0.1, -0.05) is 27.7 Å². The van der Waals surface area contributed by atoms with Crippen LogP contribution in [0.5, 0.6) is 0 Å². The molecule has 0 radical (unpaired) electrons. The first-order chi connectivity index (χ1) is 34.3. The second kappa shape index (κ2) is 21.1. The highest BCUT2D eigenvalue weighted by atomic mass is 16.8. The zero-order chi connectivity index (χ0) is 51.3. The quantitative estimate of drug-likeness (QED) is 0.0971. The zero-order valence-corrected chi connectivity index (χ0v) is 41.7. The predicted octanol–water partition coefficient (Wildman–Crippen LogP) is -2.27. The maximum Gasteiger partial charge on any atom is 0.187 e. The molecule has 10 fully saturated rings. The van der Waals surface area contributed by atoms with Gasteiger partial charge in [0.2, 0.25) is 0 Å². The number of aliphatic hydroxyl groups is 12. The number of hydrogen-bond donors (Lipinski definition) is 12. The van der Waals surface area contributed by atoms with Crippen LogP contribution < -0.4 is 0 Å². The third kappa shape index (κ3) is 9.26. The van der Waals surface area contributed by atoms with E-state index in [9.17, 15) is 61.3 Å². The van der Waals surface area contributed by atoms with Gasteiger partial charge in [0.15, 0.2) is 30.9 Å². The maximum atomic E-state index is 11.8. The van der Waals surface area contributed by atoms with E-state index in [4.69, 9.17) is 47.4 Å². The van der Waals surface area contributed by atoms with Crippen molar-refractivity contribution in [3.63, 3.8) is 0 Å². The summed E-state index contributed by atoms with van der Waals surface area (Å²) in [6.45, 7) is 7.42. The van der Waals surface area contributed by atoms with Crippen molar-refractivity contribution in [1.82, 2.24) is 0 Å². The topological polar surface area (TPSA) is 335 Å². The highest BCUT2D eigenvalue weighted by Crippen LogP contribution is 2.71. The Bertz CT molecular complexity index is 1830. The average Bonchev–Trinajstić information content (AvgIpc) is 3.82. The Hall–Kier alpha value is -0.880. The molecule has 22 heteroatoms. The molecule has 10 aliphatic rings. The number of hydrogen-bond acceptors (Lipinski definition) is 22. The lowest BCUT2D eigenvalue weighted by Crippen LogP contribution is -2.68. The minimum Gasteiger partial charge on any atom is -0.394 e. The second-order valence-corrected chi connectivity index (χ2v) is 23.9. The first-order valence-corrected chi connectivity index (χ1v) is 26.7. The molecule has 0 amide bonds. The van der Waals surface area contributed by atoms with Gasteiger partial charge in [-0.3, -0.25) is 0 Å². The molecule has 0 aromatic carbocycles. The Morgan fingerprint density at radius 2 is 1.14 bits per heavy atom. The van der Waals surface area contributed by atoms with E-state index in [2.05, 4.69) is 27.7 Å². The Labute approximate surface area is 419 Å². The fourth-order valence-corrected chi connectivity index (χ4v) is 15.9. The minimum absolute atomic E-state index is 0.0916. The van der Waals surface area contributed by atoms with Gasteiger partial charge in [-0.15, -0.1) is 0 Å². The van der Waals surface area contributed by atoms with Crippen LogP contribution in [0.4, 0.5) is 0 Å². The lowest BCUT2D eigenvalue weighted by atomic mass is 9.44. The molecule has 0 aromatic rings. The first-order valence-electron chi connectivity index (χ1n) is 26.7. The summed E-state index contributed by atoms with van der Waals surface area (Å²) in [6.07, 6.45) is -22.9.